The van der Waals surface area contributed by atoms with Crippen molar-refractivity contribution in [3.63, 3.8) is 0 Å². The lowest BCUT2D eigenvalue weighted by Gasteiger charge is -2.39. The lowest BCUT2D eigenvalue weighted by molar-refractivity contribution is -0.125. The monoisotopic (exact) mass is 269 g/mol. The molecule has 1 heterocycles. The molecule has 0 bridgehead atoms. The molecule has 0 radical (unpaired) electrons. The van der Waals surface area contributed by atoms with Crippen LogP contribution in [-0.4, -0.2) is 48.6 Å². The number of likely N-dealkylation sites (N-methyl/N-ethyl adjacent to an activating group) is 1. The summed E-state index contributed by atoms with van der Waals surface area (Å²) in [5, 5.41) is 6.45. The van der Waals surface area contributed by atoms with Gasteiger partial charge in [0, 0.05) is 17.6 Å². The van der Waals surface area contributed by atoms with Gasteiger partial charge in [0.25, 0.3) is 0 Å². The summed E-state index contributed by atoms with van der Waals surface area (Å²) in [5.41, 5.74) is -0.100. The van der Waals surface area contributed by atoms with Gasteiger partial charge in [-0.2, -0.15) is 0 Å². The molecule has 2 N–H and O–H groups in total. The summed E-state index contributed by atoms with van der Waals surface area (Å²) in [6.45, 7) is 10.0. The summed E-state index contributed by atoms with van der Waals surface area (Å²) < 4.78 is 0. The molecule has 1 aliphatic heterocycles. The fraction of sp³-hybridized carbons (Fsp3) is 0.933. The highest BCUT2D eigenvalue weighted by Gasteiger charge is 2.29. The molecule has 1 saturated heterocycles. The lowest BCUT2D eigenvalue weighted by Crippen LogP contribution is -2.54. The van der Waals surface area contributed by atoms with Crippen molar-refractivity contribution >= 4 is 5.91 Å². The number of amides is 1. The van der Waals surface area contributed by atoms with Gasteiger partial charge >= 0.3 is 0 Å². The fourth-order valence-corrected chi connectivity index (χ4v) is 2.66. The van der Waals surface area contributed by atoms with Gasteiger partial charge in [-0.05, 0) is 53.6 Å². The zero-order valence-corrected chi connectivity index (χ0v) is 13.3. The van der Waals surface area contributed by atoms with E-state index in [9.17, 15) is 4.79 Å². The number of nitrogens with one attached hydrogen (secondary N) is 2. The van der Waals surface area contributed by atoms with Crippen LogP contribution >= 0.6 is 0 Å². The maximum atomic E-state index is 12.2. The Labute approximate surface area is 118 Å². The number of hydrogen-bond acceptors (Lipinski definition) is 3. The van der Waals surface area contributed by atoms with E-state index in [1.54, 1.807) is 0 Å². The summed E-state index contributed by atoms with van der Waals surface area (Å²) in [4.78, 5) is 14.5. The third-order valence-electron chi connectivity index (χ3n) is 4.41. The van der Waals surface area contributed by atoms with Crippen molar-refractivity contribution in [1.29, 1.82) is 0 Å². The van der Waals surface area contributed by atoms with Crippen LogP contribution in [0.15, 0.2) is 0 Å². The van der Waals surface area contributed by atoms with Gasteiger partial charge in [-0.25, -0.2) is 0 Å². The Morgan fingerprint density at radius 2 is 2.11 bits per heavy atom. The molecule has 0 aromatic rings. The van der Waals surface area contributed by atoms with Gasteiger partial charge in [0.2, 0.25) is 5.91 Å². The Bertz CT molecular complexity index is 291. The molecule has 0 aromatic heterocycles. The predicted molar refractivity (Wildman–Crippen MR) is 80.2 cm³/mol. The van der Waals surface area contributed by atoms with Crippen molar-refractivity contribution in [2.24, 2.45) is 0 Å². The number of likely N-dealkylation sites (tertiary alicyclic amines) is 1. The van der Waals surface area contributed by atoms with Gasteiger partial charge < -0.3 is 10.6 Å². The number of nitrogens with zero attached hydrogens (tertiary/aromatic N) is 1. The van der Waals surface area contributed by atoms with Crippen molar-refractivity contribution in [3.8, 4) is 0 Å². The molecule has 2 unspecified atom stereocenters. The fourth-order valence-electron chi connectivity index (χ4n) is 2.66. The molecular formula is C15H31N3O. The van der Waals surface area contributed by atoms with E-state index in [4.69, 9.17) is 0 Å². The van der Waals surface area contributed by atoms with Crippen molar-refractivity contribution < 1.29 is 4.79 Å². The maximum Gasteiger partial charge on any atom is 0.234 e. The van der Waals surface area contributed by atoms with E-state index < -0.39 is 0 Å². The molecule has 1 rings (SSSR count). The van der Waals surface area contributed by atoms with Crippen molar-refractivity contribution in [2.45, 2.75) is 71.0 Å². The minimum absolute atomic E-state index is 0.100. The van der Waals surface area contributed by atoms with Crippen LogP contribution in [0.3, 0.4) is 0 Å². The standard InChI is InChI=1S/C15H31N3O/c1-6-15(3,4)17-14(19)11-18-10-8-7-9-13(18)12(2)16-5/h12-13,16H,6-11H2,1-5H3,(H,17,19). The number of piperidine rings is 1. The topological polar surface area (TPSA) is 44.4 Å². The average molecular weight is 269 g/mol. The van der Waals surface area contributed by atoms with Crippen molar-refractivity contribution in [3.05, 3.63) is 0 Å². The first-order chi connectivity index (χ1) is 8.89. The number of hydrogen-bond donors (Lipinski definition) is 2. The minimum Gasteiger partial charge on any atom is -0.350 e. The van der Waals surface area contributed by atoms with Gasteiger partial charge in [-0.15, -0.1) is 0 Å². The molecule has 1 amide bonds. The highest BCUT2D eigenvalue weighted by molar-refractivity contribution is 5.78. The van der Waals surface area contributed by atoms with Crippen LogP contribution in [0.2, 0.25) is 0 Å². The molecule has 112 valence electrons. The number of rotatable bonds is 6. The van der Waals surface area contributed by atoms with E-state index in [-0.39, 0.29) is 11.4 Å². The number of carbonyl (C=O) groups is 1. The highest BCUT2D eigenvalue weighted by Crippen LogP contribution is 2.19. The number of carbonyl (C=O) groups excluding carboxylic acids is 1. The second kappa shape index (κ2) is 7.25. The van der Waals surface area contributed by atoms with E-state index in [0.29, 0.717) is 18.6 Å². The largest absolute Gasteiger partial charge is 0.350 e. The van der Waals surface area contributed by atoms with Crippen LogP contribution in [0.25, 0.3) is 0 Å². The minimum atomic E-state index is -0.100. The Morgan fingerprint density at radius 3 is 2.68 bits per heavy atom. The Balaban J connectivity index is 2.55. The van der Waals surface area contributed by atoms with Crippen LogP contribution in [-0.2, 0) is 4.79 Å². The van der Waals surface area contributed by atoms with E-state index >= 15 is 0 Å². The van der Waals surface area contributed by atoms with Crippen molar-refractivity contribution in [2.75, 3.05) is 20.1 Å². The molecule has 4 heteroatoms. The first-order valence-electron chi connectivity index (χ1n) is 7.62. The molecule has 0 aliphatic carbocycles. The second-order valence-electron chi connectivity index (χ2n) is 6.40. The molecule has 1 aliphatic rings. The predicted octanol–water partition coefficient (Wildman–Crippen LogP) is 1.75. The SMILES string of the molecule is CCC(C)(C)NC(=O)CN1CCCCC1C(C)NC. The summed E-state index contributed by atoms with van der Waals surface area (Å²) >= 11 is 0. The molecule has 4 nitrogen and oxygen atoms in total. The molecule has 2 atom stereocenters. The summed E-state index contributed by atoms with van der Waals surface area (Å²) in [6, 6.07) is 0.918. The normalized spacial score (nSPS) is 23.1. The van der Waals surface area contributed by atoms with Crippen LogP contribution in [0.4, 0.5) is 0 Å². The average Bonchev–Trinajstić information content (AvgIpc) is 2.37. The third-order valence-corrected chi connectivity index (χ3v) is 4.41. The molecule has 19 heavy (non-hydrogen) atoms. The highest BCUT2D eigenvalue weighted by atomic mass is 16.2. The summed E-state index contributed by atoms with van der Waals surface area (Å²) in [7, 11) is 2.00. The molecule has 0 saturated carbocycles. The molecule has 0 spiro atoms. The Kier molecular flexibility index (Phi) is 6.27. The van der Waals surface area contributed by atoms with E-state index in [0.717, 1.165) is 13.0 Å². The first-order valence-corrected chi connectivity index (χ1v) is 7.62. The van der Waals surface area contributed by atoms with Gasteiger partial charge in [-0.1, -0.05) is 13.3 Å². The van der Waals surface area contributed by atoms with Gasteiger partial charge in [0.15, 0.2) is 0 Å². The smallest absolute Gasteiger partial charge is 0.234 e. The summed E-state index contributed by atoms with van der Waals surface area (Å²) in [6.07, 6.45) is 4.62. The van der Waals surface area contributed by atoms with Crippen LogP contribution in [0.1, 0.15) is 53.4 Å². The third kappa shape index (κ3) is 5.11. The van der Waals surface area contributed by atoms with Gasteiger partial charge in [0.05, 0.1) is 6.54 Å². The molecule has 0 aromatic carbocycles. The van der Waals surface area contributed by atoms with Crippen molar-refractivity contribution in [1.82, 2.24) is 15.5 Å². The van der Waals surface area contributed by atoms with Gasteiger partial charge in [-0.3, -0.25) is 9.69 Å². The quantitative estimate of drug-likeness (QED) is 0.772. The van der Waals surface area contributed by atoms with Crippen LogP contribution in [0, 0.1) is 0 Å². The van der Waals surface area contributed by atoms with E-state index in [1.165, 1.54) is 19.3 Å². The lowest BCUT2D eigenvalue weighted by atomic mass is 9.96. The van der Waals surface area contributed by atoms with E-state index in [2.05, 4.69) is 43.2 Å². The Hall–Kier alpha value is -0.610. The van der Waals surface area contributed by atoms with E-state index in [1.807, 2.05) is 7.05 Å². The molecular weight excluding hydrogens is 238 g/mol. The summed E-state index contributed by atoms with van der Waals surface area (Å²) in [5.74, 6) is 0.155. The van der Waals surface area contributed by atoms with Crippen LogP contribution < -0.4 is 10.6 Å². The molecule has 1 fully saturated rings. The van der Waals surface area contributed by atoms with Gasteiger partial charge in [0.1, 0.15) is 0 Å². The second-order valence-corrected chi connectivity index (χ2v) is 6.40. The Morgan fingerprint density at radius 1 is 1.42 bits per heavy atom. The maximum absolute atomic E-state index is 12.2. The first kappa shape index (κ1) is 16.4. The van der Waals surface area contributed by atoms with Crippen LogP contribution in [0.5, 0.6) is 0 Å². The zero-order valence-electron chi connectivity index (χ0n) is 13.3. The zero-order chi connectivity index (χ0) is 14.5.